The summed E-state index contributed by atoms with van der Waals surface area (Å²) in [6.07, 6.45) is 1.13. The molecule has 116 valence electrons. The van der Waals surface area contributed by atoms with Gasteiger partial charge in [-0.3, -0.25) is 0 Å². The van der Waals surface area contributed by atoms with Gasteiger partial charge < -0.3 is 20.7 Å². The van der Waals surface area contributed by atoms with Crippen LogP contribution in [0.5, 0.6) is 0 Å². The molecule has 1 fully saturated rings. The average molecular weight is 359 g/mol. The number of hydrogen-bond acceptors (Lipinski definition) is 4. The maximum absolute atomic E-state index is 14.5. The molecule has 5 nitrogen and oxygen atoms in total. The molecular formula is C14H20BrFN4O. The van der Waals surface area contributed by atoms with Crippen LogP contribution < -0.4 is 10.6 Å². The number of nitrogens with two attached hydrogens (primary N) is 1. The lowest BCUT2D eigenvalue weighted by molar-refractivity contribution is 0.318. The standard InChI is InChI=1S/C14H20BrFN4O/c1-19-6-5-9(7-19)8-20(2)11-4-3-10(14(17)18-21)12(15)13(11)16/h3-4,9,21H,5-8H2,1-2H3,(H2,17,18). The summed E-state index contributed by atoms with van der Waals surface area (Å²) in [6.45, 7) is 2.93. The molecule has 1 unspecified atom stereocenters. The molecule has 3 N–H and O–H groups in total. The largest absolute Gasteiger partial charge is 0.409 e. The zero-order chi connectivity index (χ0) is 15.6. The van der Waals surface area contributed by atoms with Gasteiger partial charge in [-0.2, -0.15) is 0 Å². The van der Waals surface area contributed by atoms with Crippen LogP contribution >= 0.6 is 15.9 Å². The van der Waals surface area contributed by atoms with Crippen molar-refractivity contribution in [2.24, 2.45) is 16.8 Å². The van der Waals surface area contributed by atoms with Crippen LogP contribution in [0.3, 0.4) is 0 Å². The van der Waals surface area contributed by atoms with Gasteiger partial charge in [0.25, 0.3) is 0 Å². The Morgan fingerprint density at radius 2 is 2.33 bits per heavy atom. The van der Waals surface area contributed by atoms with Crippen LogP contribution in [-0.4, -0.2) is 49.7 Å². The van der Waals surface area contributed by atoms with E-state index in [9.17, 15) is 4.39 Å². The van der Waals surface area contributed by atoms with E-state index >= 15 is 0 Å². The maximum Gasteiger partial charge on any atom is 0.171 e. The van der Waals surface area contributed by atoms with Crippen LogP contribution in [0.4, 0.5) is 10.1 Å². The molecule has 0 spiro atoms. The molecule has 1 aliphatic rings. The molecule has 0 saturated carbocycles. The van der Waals surface area contributed by atoms with Gasteiger partial charge in [0.1, 0.15) is 0 Å². The topological polar surface area (TPSA) is 65.1 Å². The Kier molecular flexibility index (Phi) is 5.05. The molecule has 0 aromatic heterocycles. The second-order valence-corrected chi connectivity index (χ2v) is 6.34. The quantitative estimate of drug-likeness (QED) is 0.374. The minimum Gasteiger partial charge on any atom is -0.409 e. The van der Waals surface area contributed by atoms with Crippen LogP contribution in [0.25, 0.3) is 0 Å². The third-order valence-electron chi connectivity index (χ3n) is 3.88. The van der Waals surface area contributed by atoms with Crippen molar-refractivity contribution in [3.05, 3.63) is 28.0 Å². The molecule has 1 heterocycles. The fourth-order valence-corrected chi connectivity index (χ4v) is 3.29. The molecular weight excluding hydrogens is 339 g/mol. The van der Waals surface area contributed by atoms with Crippen molar-refractivity contribution >= 4 is 27.5 Å². The molecule has 7 heteroatoms. The lowest BCUT2D eigenvalue weighted by atomic mass is 10.1. The van der Waals surface area contributed by atoms with E-state index in [0.29, 0.717) is 17.2 Å². The van der Waals surface area contributed by atoms with E-state index < -0.39 is 5.82 Å². The van der Waals surface area contributed by atoms with Gasteiger partial charge in [0, 0.05) is 25.7 Å². The molecule has 2 rings (SSSR count). The van der Waals surface area contributed by atoms with Gasteiger partial charge in [-0.25, -0.2) is 4.39 Å². The van der Waals surface area contributed by atoms with Crippen LogP contribution in [0.2, 0.25) is 0 Å². The Balaban J connectivity index is 2.18. The van der Waals surface area contributed by atoms with E-state index in [4.69, 9.17) is 10.9 Å². The van der Waals surface area contributed by atoms with E-state index in [1.54, 1.807) is 12.1 Å². The number of likely N-dealkylation sites (tertiary alicyclic amines) is 1. The highest BCUT2D eigenvalue weighted by molar-refractivity contribution is 9.10. The third kappa shape index (κ3) is 3.47. The van der Waals surface area contributed by atoms with Gasteiger partial charge in [0.05, 0.1) is 10.2 Å². The number of oxime groups is 1. The summed E-state index contributed by atoms with van der Waals surface area (Å²) in [5, 5.41) is 11.6. The number of rotatable bonds is 4. The van der Waals surface area contributed by atoms with Crippen molar-refractivity contribution in [2.75, 3.05) is 38.6 Å². The van der Waals surface area contributed by atoms with Crippen molar-refractivity contribution in [3.63, 3.8) is 0 Å². The predicted octanol–water partition coefficient (Wildman–Crippen LogP) is 2.07. The van der Waals surface area contributed by atoms with Crippen LogP contribution in [0.1, 0.15) is 12.0 Å². The first-order valence-corrected chi connectivity index (χ1v) is 7.59. The van der Waals surface area contributed by atoms with Gasteiger partial charge in [-0.1, -0.05) is 5.16 Å². The highest BCUT2D eigenvalue weighted by Crippen LogP contribution is 2.30. The van der Waals surface area contributed by atoms with Gasteiger partial charge in [-0.15, -0.1) is 0 Å². The Hall–Kier alpha value is -1.34. The summed E-state index contributed by atoms with van der Waals surface area (Å²) in [6, 6.07) is 3.31. The zero-order valence-electron chi connectivity index (χ0n) is 12.2. The summed E-state index contributed by atoms with van der Waals surface area (Å²) in [5.41, 5.74) is 6.37. The Morgan fingerprint density at radius 3 is 2.90 bits per heavy atom. The minimum absolute atomic E-state index is 0.118. The van der Waals surface area contributed by atoms with Crippen molar-refractivity contribution in [1.82, 2.24) is 4.90 Å². The number of hydrogen-bond donors (Lipinski definition) is 2. The third-order valence-corrected chi connectivity index (χ3v) is 4.65. The van der Waals surface area contributed by atoms with Gasteiger partial charge in [-0.05, 0) is 54.0 Å². The Bertz CT molecular complexity index is 552. The van der Waals surface area contributed by atoms with Crippen LogP contribution in [-0.2, 0) is 0 Å². The van der Waals surface area contributed by atoms with Gasteiger partial charge >= 0.3 is 0 Å². The highest BCUT2D eigenvalue weighted by atomic mass is 79.9. The molecule has 1 aliphatic heterocycles. The summed E-state index contributed by atoms with van der Waals surface area (Å²) in [7, 11) is 3.98. The van der Waals surface area contributed by atoms with E-state index in [1.165, 1.54) is 0 Å². The monoisotopic (exact) mass is 358 g/mol. The fourth-order valence-electron chi connectivity index (χ4n) is 2.75. The van der Waals surface area contributed by atoms with Crippen LogP contribution in [0.15, 0.2) is 21.8 Å². The molecule has 0 bridgehead atoms. The first-order chi connectivity index (χ1) is 9.93. The lowest BCUT2D eigenvalue weighted by Gasteiger charge is -2.24. The van der Waals surface area contributed by atoms with Crippen molar-refractivity contribution in [2.45, 2.75) is 6.42 Å². The first kappa shape index (κ1) is 16.0. The number of nitrogens with zero attached hydrogens (tertiary/aromatic N) is 3. The predicted molar refractivity (Wildman–Crippen MR) is 85.5 cm³/mol. The number of halogens is 2. The molecule has 21 heavy (non-hydrogen) atoms. The molecule has 0 radical (unpaired) electrons. The van der Waals surface area contributed by atoms with E-state index in [-0.39, 0.29) is 10.3 Å². The van der Waals surface area contributed by atoms with E-state index in [1.807, 2.05) is 11.9 Å². The summed E-state index contributed by atoms with van der Waals surface area (Å²) >= 11 is 3.18. The second kappa shape index (κ2) is 6.62. The summed E-state index contributed by atoms with van der Waals surface area (Å²) in [5.74, 6) is 0.0299. The Morgan fingerprint density at radius 1 is 1.62 bits per heavy atom. The normalized spacial score (nSPS) is 20.0. The minimum atomic E-state index is -0.395. The smallest absolute Gasteiger partial charge is 0.171 e. The second-order valence-electron chi connectivity index (χ2n) is 5.54. The van der Waals surface area contributed by atoms with Crippen molar-refractivity contribution in [1.29, 1.82) is 0 Å². The zero-order valence-corrected chi connectivity index (χ0v) is 13.8. The summed E-state index contributed by atoms with van der Waals surface area (Å²) in [4.78, 5) is 4.20. The highest BCUT2D eigenvalue weighted by Gasteiger charge is 2.23. The molecule has 1 atom stereocenters. The summed E-state index contributed by atoms with van der Waals surface area (Å²) < 4.78 is 14.7. The molecule has 1 saturated heterocycles. The Labute approximate surface area is 132 Å². The average Bonchev–Trinajstić information content (AvgIpc) is 2.86. The maximum atomic E-state index is 14.5. The van der Waals surface area contributed by atoms with E-state index in [0.717, 1.165) is 26.1 Å². The molecule has 1 aromatic carbocycles. The van der Waals surface area contributed by atoms with Crippen LogP contribution in [0, 0.1) is 11.7 Å². The molecule has 0 aliphatic carbocycles. The lowest BCUT2D eigenvalue weighted by Crippen LogP contribution is -2.28. The van der Waals surface area contributed by atoms with E-state index in [2.05, 4.69) is 33.0 Å². The van der Waals surface area contributed by atoms with Crippen molar-refractivity contribution in [3.8, 4) is 0 Å². The molecule has 0 amide bonds. The SMILES string of the molecule is CN1CCC(CN(C)c2ccc(/C(N)=N/O)c(Br)c2F)C1. The van der Waals surface area contributed by atoms with Gasteiger partial charge in [0.2, 0.25) is 0 Å². The van der Waals surface area contributed by atoms with Gasteiger partial charge in [0.15, 0.2) is 11.7 Å². The number of anilines is 1. The first-order valence-electron chi connectivity index (χ1n) is 6.79. The number of amidine groups is 1. The van der Waals surface area contributed by atoms with Crippen molar-refractivity contribution < 1.29 is 9.60 Å². The fraction of sp³-hybridized carbons (Fsp3) is 0.500. The molecule has 1 aromatic rings. The number of benzene rings is 1.